The van der Waals surface area contributed by atoms with E-state index in [1.54, 1.807) is 0 Å². The van der Waals surface area contributed by atoms with Crippen molar-refractivity contribution in [3.63, 3.8) is 0 Å². The van der Waals surface area contributed by atoms with E-state index in [4.69, 9.17) is 4.74 Å². The first-order valence-corrected chi connectivity index (χ1v) is 8.42. The van der Waals surface area contributed by atoms with Crippen LogP contribution in [0, 0.1) is 15.5 Å². The van der Waals surface area contributed by atoms with Gasteiger partial charge in [-0.2, -0.15) is 4.31 Å². The van der Waals surface area contributed by atoms with Crippen LogP contribution in [-0.2, 0) is 14.8 Å². The van der Waals surface area contributed by atoms with E-state index in [0.29, 0.717) is 6.61 Å². The zero-order valence-corrected chi connectivity index (χ0v) is 13.7. The summed E-state index contributed by atoms with van der Waals surface area (Å²) >= 11 is 0. The molecule has 0 saturated carbocycles. The Kier molecular flexibility index (Phi) is 4.55. The summed E-state index contributed by atoms with van der Waals surface area (Å²) in [7, 11) is -3.76. The van der Waals surface area contributed by atoms with Gasteiger partial charge in [-0.05, 0) is 11.5 Å². The third-order valence-electron chi connectivity index (χ3n) is 3.66. The van der Waals surface area contributed by atoms with Crippen LogP contribution in [0.5, 0.6) is 0 Å². The number of nitro benzene ring substituents is 1. The largest absolute Gasteiger partial charge is 0.375 e. The predicted octanol–water partition coefficient (Wildman–Crippen LogP) is 2.03. The maximum Gasteiger partial charge on any atom is 0.270 e. The first-order valence-electron chi connectivity index (χ1n) is 6.98. The van der Waals surface area contributed by atoms with Gasteiger partial charge in [-0.1, -0.05) is 26.8 Å². The number of non-ortho nitro benzene ring substituents is 1. The van der Waals surface area contributed by atoms with E-state index < -0.39 is 14.9 Å². The summed E-state index contributed by atoms with van der Waals surface area (Å²) in [5.74, 6) is 0. The van der Waals surface area contributed by atoms with Crippen LogP contribution in [0.25, 0.3) is 0 Å². The number of sulfonamides is 1. The van der Waals surface area contributed by atoms with E-state index in [9.17, 15) is 18.5 Å². The van der Waals surface area contributed by atoms with Crippen LogP contribution < -0.4 is 0 Å². The van der Waals surface area contributed by atoms with Gasteiger partial charge in [-0.15, -0.1) is 0 Å². The van der Waals surface area contributed by atoms with Gasteiger partial charge in [0.05, 0.1) is 22.5 Å². The second-order valence-electron chi connectivity index (χ2n) is 6.34. The van der Waals surface area contributed by atoms with Crippen molar-refractivity contribution in [3.8, 4) is 0 Å². The fraction of sp³-hybridized carbons (Fsp3) is 0.571. The minimum absolute atomic E-state index is 0.0590. The van der Waals surface area contributed by atoms with Crippen molar-refractivity contribution in [1.29, 1.82) is 0 Å². The summed E-state index contributed by atoms with van der Waals surface area (Å²) < 4.78 is 32.4. The normalized spacial score (nSPS) is 20.8. The quantitative estimate of drug-likeness (QED) is 0.625. The molecule has 0 radical (unpaired) electrons. The summed E-state index contributed by atoms with van der Waals surface area (Å²) in [6, 6.07) is 5.13. The van der Waals surface area contributed by atoms with Gasteiger partial charge in [-0.3, -0.25) is 10.1 Å². The molecule has 0 aliphatic carbocycles. The van der Waals surface area contributed by atoms with Crippen LogP contribution in [0.3, 0.4) is 0 Å². The number of benzene rings is 1. The third-order valence-corrected chi connectivity index (χ3v) is 5.52. The lowest BCUT2D eigenvalue weighted by atomic mass is 9.88. The second-order valence-corrected chi connectivity index (χ2v) is 8.28. The van der Waals surface area contributed by atoms with Crippen molar-refractivity contribution in [2.24, 2.45) is 5.41 Å². The van der Waals surface area contributed by atoms with Gasteiger partial charge < -0.3 is 4.74 Å². The van der Waals surface area contributed by atoms with Gasteiger partial charge in [0, 0.05) is 25.2 Å². The van der Waals surface area contributed by atoms with Crippen molar-refractivity contribution < 1.29 is 18.1 Å². The van der Waals surface area contributed by atoms with Crippen LogP contribution in [-0.4, -0.2) is 43.4 Å². The van der Waals surface area contributed by atoms with E-state index in [-0.39, 0.29) is 35.2 Å². The molecule has 0 aromatic heterocycles. The van der Waals surface area contributed by atoms with Crippen LogP contribution in [0.4, 0.5) is 5.69 Å². The minimum Gasteiger partial charge on any atom is -0.375 e. The zero-order valence-electron chi connectivity index (χ0n) is 12.9. The molecule has 1 aliphatic heterocycles. The monoisotopic (exact) mass is 328 g/mol. The Morgan fingerprint density at radius 3 is 2.64 bits per heavy atom. The number of morpholine rings is 1. The third kappa shape index (κ3) is 3.45. The summed E-state index contributed by atoms with van der Waals surface area (Å²) in [6.07, 6.45) is -0.213. The molecule has 0 unspecified atom stereocenters. The van der Waals surface area contributed by atoms with Crippen molar-refractivity contribution in [3.05, 3.63) is 34.4 Å². The summed E-state index contributed by atoms with van der Waals surface area (Å²) in [6.45, 7) is 6.77. The Morgan fingerprint density at radius 1 is 1.36 bits per heavy atom. The van der Waals surface area contributed by atoms with Crippen molar-refractivity contribution >= 4 is 15.7 Å². The Balaban J connectivity index is 2.30. The molecule has 0 amide bonds. The lowest BCUT2D eigenvalue weighted by Gasteiger charge is -2.38. The molecule has 122 valence electrons. The highest BCUT2D eigenvalue weighted by atomic mass is 32.2. The second kappa shape index (κ2) is 5.94. The topological polar surface area (TPSA) is 89.8 Å². The van der Waals surface area contributed by atoms with Crippen LogP contribution in [0.1, 0.15) is 20.8 Å². The van der Waals surface area contributed by atoms with E-state index in [1.165, 1.54) is 22.5 Å². The van der Waals surface area contributed by atoms with Gasteiger partial charge in [0.15, 0.2) is 0 Å². The van der Waals surface area contributed by atoms with Gasteiger partial charge in [0.1, 0.15) is 0 Å². The highest BCUT2D eigenvalue weighted by molar-refractivity contribution is 7.89. The lowest BCUT2D eigenvalue weighted by molar-refractivity contribution is -0.385. The highest BCUT2D eigenvalue weighted by Gasteiger charge is 2.36. The molecule has 1 saturated heterocycles. The summed E-state index contributed by atoms with van der Waals surface area (Å²) in [4.78, 5) is 10.2. The van der Waals surface area contributed by atoms with Crippen LogP contribution in [0.2, 0.25) is 0 Å². The number of nitrogens with zero attached hydrogens (tertiary/aromatic N) is 2. The van der Waals surface area contributed by atoms with E-state index in [0.717, 1.165) is 6.07 Å². The molecule has 8 heteroatoms. The summed E-state index contributed by atoms with van der Waals surface area (Å²) in [5, 5.41) is 10.8. The smallest absolute Gasteiger partial charge is 0.270 e. The number of hydrogen-bond acceptors (Lipinski definition) is 5. The molecule has 2 rings (SSSR count). The fourth-order valence-electron chi connectivity index (χ4n) is 2.27. The maximum atomic E-state index is 12.7. The molecule has 7 nitrogen and oxygen atoms in total. The molecule has 22 heavy (non-hydrogen) atoms. The average molecular weight is 328 g/mol. The molecule has 1 fully saturated rings. The Hall–Kier alpha value is -1.51. The molecule has 1 heterocycles. The van der Waals surface area contributed by atoms with Crippen molar-refractivity contribution in [2.45, 2.75) is 31.8 Å². The molecule has 1 atom stereocenters. The van der Waals surface area contributed by atoms with Crippen molar-refractivity contribution in [1.82, 2.24) is 4.31 Å². The average Bonchev–Trinajstić information content (AvgIpc) is 2.46. The first kappa shape index (κ1) is 16.9. The molecular weight excluding hydrogens is 308 g/mol. The molecule has 1 aliphatic rings. The van der Waals surface area contributed by atoms with E-state index in [2.05, 4.69) is 0 Å². The molecule has 0 N–H and O–H groups in total. The minimum atomic E-state index is -3.76. The van der Waals surface area contributed by atoms with E-state index in [1.807, 2.05) is 20.8 Å². The summed E-state index contributed by atoms with van der Waals surface area (Å²) in [5.41, 5.74) is -0.418. The highest BCUT2D eigenvalue weighted by Crippen LogP contribution is 2.28. The van der Waals surface area contributed by atoms with Crippen LogP contribution >= 0.6 is 0 Å². The maximum absolute atomic E-state index is 12.7. The zero-order chi connectivity index (χ0) is 16.5. The standard InChI is InChI=1S/C14H20N2O5S/c1-14(2,3)13-10-15(7-8-21-13)22(19,20)12-6-4-5-11(9-12)16(17)18/h4-6,9,13H,7-8,10H2,1-3H3/t13-/m1/s1. The molecule has 1 aromatic carbocycles. The van der Waals surface area contributed by atoms with Gasteiger partial charge in [0.25, 0.3) is 5.69 Å². The van der Waals surface area contributed by atoms with Crippen LogP contribution in [0.15, 0.2) is 29.2 Å². The lowest BCUT2D eigenvalue weighted by Crippen LogP contribution is -2.49. The van der Waals surface area contributed by atoms with Crippen molar-refractivity contribution in [2.75, 3.05) is 19.7 Å². The molecule has 0 bridgehead atoms. The first-order chi connectivity index (χ1) is 10.1. The number of hydrogen-bond donors (Lipinski definition) is 0. The van der Waals surface area contributed by atoms with Gasteiger partial charge in [0.2, 0.25) is 10.0 Å². The van der Waals surface area contributed by atoms with Gasteiger partial charge in [-0.25, -0.2) is 8.42 Å². The SMILES string of the molecule is CC(C)(C)[C@H]1CN(S(=O)(=O)c2cccc([N+](=O)[O-])c2)CCO1. The Morgan fingerprint density at radius 2 is 2.05 bits per heavy atom. The molecule has 0 spiro atoms. The predicted molar refractivity (Wildman–Crippen MR) is 81.1 cm³/mol. The Labute approximate surface area is 130 Å². The number of rotatable bonds is 3. The number of nitro groups is 1. The molecule has 1 aromatic rings. The van der Waals surface area contributed by atoms with E-state index >= 15 is 0 Å². The fourth-order valence-corrected chi connectivity index (χ4v) is 3.74. The molecular formula is C14H20N2O5S. The number of ether oxygens (including phenoxy) is 1. The van der Waals surface area contributed by atoms with Gasteiger partial charge >= 0.3 is 0 Å². The Bertz CT molecular complexity index is 666.